The normalized spacial score (nSPS) is 22.2. The first-order valence-electron chi connectivity index (χ1n) is 10.7. The van der Waals surface area contributed by atoms with Crippen LogP contribution in [0, 0.1) is 23.7 Å². The zero-order chi connectivity index (χ0) is 20.1. The van der Waals surface area contributed by atoms with Crippen LogP contribution in [0.5, 0.6) is 11.5 Å². The third-order valence-electron chi connectivity index (χ3n) is 6.16. The van der Waals surface area contributed by atoms with Crippen LogP contribution in [0.4, 0.5) is 0 Å². The fourth-order valence-corrected chi connectivity index (χ4v) is 4.56. The fourth-order valence-electron chi connectivity index (χ4n) is 4.56. The number of amides is 1. The van der Waals surface area contributed by atoms with Crippen LogP contribution >= 0.6 is 0 Å². The van der Waals surface area contributed by atoms with Crippen LogP contribution in [-0.4, -0.2) is 51.2 Å². The van der Waals surface area contributed by atoms with E-state index in [1.807, 2.05) is 12.1 Å². The fraction of sp³-hybridized carbons (Fsp3) is 0.696. The van der Waals surface area contributed by atoms with Gasteiger partial charge in [0.2, 0.25) is 5.91 Å². The average Bonchev–Trinajstić information content (AvgIpc) is 3.51. The highest BCUT2D eigenvalue weighted by Crippen LogP contribution is 2.48. The Kier molecular flexibility index (Phi) is 7.22. The van der Waals surface area contributed by atoms with Crippen LogP contribution in [0.25, 0.3) is 0 Å². The topological polar surface area (TPSA) is 50.8 Å². The Balaban J connectivity index is 1.60. The molecule has 1 saturated heterocycles. The summed E-state index contributed by atoms with van der Waals surface area (Å²) in [7, 11) is 3.30. The van der Waals surface area contributed by atoms with Gasteiger partial charge in [0.25, 0.3) is 0 Å². The molecule has 5 nitrogen and oxygen atoms in total. The SMILES string of the molecule is COc1ccc(CCN(CC(C)C)C(=O)[C@@H]2C[C@H]2C2CCNCC2)cc1OC. The van der Waals surface area contributed by atoms with Crippen molar-refractivity contribution in [1.29, 1.82) is 0 Å². The maximum absolute atomic E-state index is 13.2. The maximum atomic E-state index is 13.2. The standard InChI is InChI=1S/C23H36N2O3/c1-16(2)15-25(12-9-17-5-6-21(27-3)22(13-17)28-4)23(26)20-14-19(20)18-7-10-24-11-8-18/h5-6,13,16,18-20,24H,7-12,14-15H2,1-4H3/t19-,20+/m0/s1. The van der Waals surface area contributed by atoms with Gasteiger partial charge in [-0.1, -0.05) is 19.9 Å². The highest BCUT2D eigenvalue weighted by Gasteiger charge is 2.48. The molecule has 0 unspecified atom stereocenters. The lowest BCUT2D eigenvalue weighted by Gasteiger charge is -2.27. The van der Waals surface area contributed by atoms with Gasteiger partial charge in [-0.25, -0.2) is 0 Å². The van der Waals surface area contributed by atoms with Crippen LogP contribution < -0.4 is 14.8 Å². The first kappa shape index (κ1) is 21.0. The summed E-state index contributed by atoms with van der Waals surface area (Å²) in [6, 6.07) is 6.02. The minimum absolute atomic E-state index is 0.257. The lowest BCUT2D eigenvalue weighted by atomic mass is 9.91. The number of nitrogens with one attached hydrogen (secondary N) is 1. The molecule has 1 amide bonds. The molecule has 1 aromatic rings. The van der Waals surface area contributed by atoms with Crippen LogP contribution in [0.3, 0.4) is 0 Å². The summed E-state index contributed by atoms with van der Waals surface area (Å²) >= 11 is 0. The predicted octanol–water partition coefficient (Wildman–Crippen LogP) is 3.37. The predicted molar refractivity (Wildman–Crippen MR) is 112 cm³/mol. The summed E-state index contributed by atoms with van der Waals surface area (Å²) in [5, 5.41) is 3.43. The monoisotopic (exact) mass is 388 g/mol. The molecule has 1 N–H and O–H groups in total. The minimum atomic E-state index is 0.257. The van der Waals surface area contributed by atoms with Crippen molar-refractivity contribution < 1.29 is 14.3 Å². The van der Waals surface area contributed by atoms with Crippen LogP contribution in [-0.2, 0) is 11.2 Å². The second kappa shape index (κ2) is 9.64. The summed E-state index contributed by atoms with van der Waals surface area (Å²) in [6.45, 7) is 8.19. The number of piperidine rings is 1. The zero-order valence-corrected chi connectivity index (χ0v) is 17.9. The lowest BCUT2D eigenvalue weighted by molar-refractivity contribution is -0.133. The number of carbonyl (C=O) groups excluding carboxylic acids is 1. The van der Waals surface area contributed by atoms with Crippen molar-refractivity contribution in [3.8, 4) is 11.5 Å². The number of hydrogen-bond donors (Lipinski definition) is 1. The van der Waals surface area contributed by atoms with E-state index in [1.54, 1.807) is 14.2 Å². The van der Waals surface area contributed by atoms with Crippen molar-refractivity contribution in [2.24, 2.45) is 23.7 Å². The smallest absolute Gasteiger partial charge is 0.226 e. The van der Waals surface area contributed by atoms with Crippen LogP contribution in [0.2, 0.25) is 0 Å². The molecule has 2 fully saturated rings. The molecule has 3 rings (SSSR count). The molecular formula is C23H36N2O3. The van der Waals surface area contributed by atoms with Crippen molar-refractivity contribution in [3.05, 3.63) is 23.8 Å². The van der Waals surface area contributed by atoms with E-state index in [1.165, 1.54) is 18.4 Å². The Morgan fingerprint density at radius 3 is 2.54 bits per heavy atom. The zero-order valence-electron chi connectivity index (χ0n) is 17.9. The molecule has 1 aliphatic carbocycles. The van der Waals surface area contributed by atoms with E-state index < -0.39 is 0 Å². The summed E-state index contributed by atoms with van der Waals surface area (Å²) in [6.07, 6.45) is 4.38. The summed E-state index contributed by atoms with van der Waals surface area (Å²) in [5.41, 5.74) is 1.17. The summed E-state index contributed by atoms with van der Waals surface area (Å²) in [4.78, 5) is 15.3. The Morgan fingerprint density at radius 2 is 1.89 bits per heavy atom. The van der Waals surface area contributed by atoms with E-state index in [9.17, 15) is 4.79 Å². The number of benzene rings is 1. The Morgan fingerprint density at radius 1 is 1.18 bits per heavy atom. The first-order valence-corrected chi connectivity index (χ1v) is 10.7. The number of hydrogen-bond acceptors (Lipinski definition) is 4. The van der Waals surface area contributed by atoms with Gasteiger partial charge < -0.3 is 19.7 Å². The molecule has 5 heteroatoms. The maximum Gasteiger partial charge on any atom is 0.226 e. The molecule has 0 aromatic heterocycles. The van der Waals surface area contributed by atoms with E-state index >= 15 is 0 Å². The Bertz CT molecular complexity index is 655. The largest absolute Gasteiger partial charge is 0.493 e. The van der Waals surface area contributed by atoms with Crippen molar-refractivity contribution in [1.82, 2.24) is 10.2 Å². The second-order valence-electron chi connectivity index (χ2n) is 8.71. The van der Waals surface area contributed by atoms with Gasteiger partial charge in [-0.2, -0.15) is 0 Å². The van der Waals surface area contributed by atoms with Gasteiger partial charge in [-0.05, 0) is 74.2 Å². The molecule has 1 heterocycles. The third kappa shape index (κ3) is 5.19. The van der Waals surface area contributed by atoms with Gasteiger partial charge in [0, 0.05) is 19.0 Å². The number of methoxy groups -OCH3 is 2. The van der Waals surface area contributed by atoms with E-state index in [0.29, 0.717) is 17.7 Å². The van der Waals surface area contributed by atoms with E-state index in [-0.39, 0.29) is 5.92 Å². The molecule has 156 valence electrons. The number of ether oxygens (including phenoxy) is 2. The Hall–Kier alpha value is -1.75. The van der Waals surface area contributed by atoms with Crippen molar-refractivity contribution in [3.63, 3.8) is 0 Å². The number of carbonyl (C=O) groups is 1. The molecule has 2 atom stereocenters. The molecule has 1 aliphatic heterocycles. The quantitative estimate of drug-likeness (QED) is 0.705. The van der Waals surface area contributed by atoms with E-state index in [2.05, 4.69) is 30.1 Å². The number of rotatable bonds is 9. The molecule has 28 heavy (non-hydrogen) atoms. The van der Waals surface area contributed by atoms with E-state index in [4.69, 9.17) is 9.47 Å². The molecular weight excluding hydrogens is 352 g/mol. The van der Waals surface area contributed by atoms with Gasteiger partial charge in [0.1, 0.15) is 0 Å². The molecule has 1 saturated carbocycles. The van der Waals surface area contributed by atoms with Crippen molar-refractivity contribution >= 4 is 5.91 Å². The second-order valence-corrected chi connectivity index (χ2v) is 8.71. The van der Waals surface area contributed by atoms with E-state index in [0.717, 1.165) is 56.4 Å². The van der Waals surface area contributed by atoms with Gasteiger partial charge in [-0.15, -0.1) is 0 Å². The highest BCUT2D eigenvalue weighted by molar-refractivity contribution is 5.81. The van der Waals surface area contributed by atoms with Crippen molar-refractivity contribution in [2.75, 3.05) is 40.4 Å². The molecule has 2 aliphatic rings. The summed E-state index contributed by atoms with van der Waals surface area (Å²) < 4.78 is 10.7. The lowest BCUT2D eigenvalue weighted by Crippen LogP contribution is -2.38. The molecule has 0 spiro atoms. The average molecular weight is 389 g/mol. The van der Waals surface area contributed by atoms with Crippen LogP contribution in [0.15, 0.2) is 18.2 Å². The Labute approximate surface area is 169 Å². The van der Waals surface area contributed by atoms with Crippen LogP contribution in [0.1, 0.15) is 38.7 Å². The highest BCUT2D eigenvalue weighted by atomic mass is 16.5. The van der Waals surface area contributed by atoms with Gasteiger partial charge in [0.05, 0.1) is 14.2 Å². The van der Waals surface area contributed by atoms with Gasteiger partial charge in [0.15, 0.2) is 11.5 Å². The van der Waals surface area contributed by atoms with Gasteiger partial charge >= 0.3 is 0 Å². The number of nitrogens with zero attached hydrogens (tertiary/aromatic N) is 1. The van der Waals surface area contributed by atoms with Gasteiger partial charge in [-0.3, -0.25) is 4.79 Å². The first-order chi connectivity index (χ1) is 13.5. The molecule has 1 aromatic carbocycles. The summed E-state index contributed by atoms with van der Waals surface area (Å²) in [5.74, 6) is 3.95. The van der Waals surface area contributed by atoms with Crippen molar-refractivity contribution in [2.45, 2.75) is 39.5 Å². The minimum Gasteiger partial charge on any atom is -0.493 e. The molecule has 0 bridgehead atoms. The third-order valence-corrected chi connectivity index (χ3v) is 6.16. The molecule has 0 radical (unpaired) electrons.